The number of carboxylic acids is 1. The van der Waals surface area contributed by atoms with Gasteiger partial charge in [-0.1, -0.05) is 67.8 Å². The van der Waals surface area contributed by atoms with Crippen molar-refractivity contribution < 1.29 is 24.2 Å². The summed E-state index contributed by atoms with van der Waals surface area (Å²) in [5.41, 5.74) is 4.29. The molecule has 0 saturated carbocycles. The van der Waals surface area contributed by atoms with E-state index >= 15 is 0 Å². The van der Waals surface area contributed by atoms with Gasteiger partial charge in [-0.05, 0) is 28.7 Å². The molecule has 7 heteroatoms. The number of amides is 2. The molecule has 0 aliphatic heterocycles. The second kappa shape index (κ2) is 10.5. The minimum atomic E-state index is -1.30. The Morgan fingerprint density at radius 2 is 1.66 bits per heavy atom. The number of nitrogens with one attached hydrogen (secondary N) is 2. The van der Waals surface area contributed by atoms with Crippen molar-refractivity contribution in [2.75, 3.05) is 6.61 Å². The zero-order chi connectivity index (χ0) is 23.1. The van der Waals surface area contributed by atoms with Gasteiger partial charge >= 0.3 is 12.1 Å². The highest BCUT2D eigenvalue weighted by Crippen LogP contribution is 2.44. The highest BCUT2D eigenvalue weighted by atomic mass is 16.5. The number of fused-ring (bicyclic) bond motifs is 3. The topological polar surface area (TPSA) is 105 Å². The third kappa shape index (κ3) is 5.27. The van der Waals surface area contributed by atoms with Gasteiger partial charge in [-0.25, -0.2) is 4.79 Å². The molecule has 2 amide bonds. The van der Waals surface area contributed by atoms with E-state index < -0.39 is 36.5 Å². The minimum Gasteiger partial charge on any atom is -0.481 e. The molecule has 2 atom stereocenters. The predicted octanol–water partition coefficient (Wildman–Crippen LogP) is 3.29. The number of terminal acetylenes is 1. The van der Waals surface area contributed by atoms with Crippen LogP contribution in [0.4, 0.5) is 4.79 Å². The number of carboxylic acid groups (broad SMARTS) is 1. The average Bonchev–Trinajstić information content (AvgIpc) is 3.10. The van der Waals surface area contributed by atoms with Crippen LogP contribution in [0.3, 0.4) is 0 Å². The number of aliphatic carboxylic acids is 1. The Hall–Kier alpha value is -3.79. The van der Waals surface area contributed by atoms with Gasteiger partial charge in [-0.2, -0.15) is 0 Å². The van der Waals surface area contributed by atoms with Crippen molar-refractivity contribution in [3.8, 4) is 23.5 Å². The summed E-state index contributed by atoms with van der Waals surface area (Å²) in [6.07, 6.45) is 5.27. The summed E-state index contributed by atoms with van der Waals surface area (Å²) in [5.74, 6) is 0.429. The van der Waals surface area contributed by atoms with Crippen molar-refractivity contribution in [2.45, 2.75) is 44.2 Å². The Kier molecular flexibility index (Phi) is 7.50. The molecule has 1 aliphatic rings. The fourth-order valence-electron chi connectivity index (χ4n) is 3.92. The van der Waals surface area contributed by atoms with E-state index in [1.807, 2.05) is 55.5 Å². The molecule has 0 heterocycles. The first-order chi connectivity index (χ1) is 15.4. The van der Waals surface area contributed by atoms with Crippen LogP contribution in [0.1, 0.15) is 43.2 Å². The summed E-state index contributed by atoms with van der Waals surface area (Å²) in [4.78, 5) is 36.2. The van der Waals surface area contributed by atoms with Crippen LogP contribution >= 0.6 is 0 Å². The largest absolute Gasteiger partial charge is 0.481 e. The molecule has 166 valence electrons. The van der Waals surface area contributed by atoms with Crippen LogP contribution < -0.4 is 10.6 Å². The number of carbonyl (C=O) groups excluding carboxylic acids is 2. The van der Waals surface area contributed by atoms with Gasteiger partial charge in [0.25, 0.3) is 0 Å². The monoisotopic (exact) mass is 434 g/mol. The lowest BCUT2D eigenvalue weighted by atomic mass is 9.98. The Balaban J connectivity index is 1.66. The number of rotatable bonds is 9. The standard InChI is InChI=1S/C25H26N2O5/c1-3-9-16(4-2)26-24(30)22(14-23(28)29)27-25(31)32-15-21-19-12-7-5-10-17(19)18-11-6-8-13-20(18)21/h2,5-8,10-13,16,21-22H,3,9,14-15H2,1H3,(H,26,30)(H,27,31)(H,28,29). The van der Waals surface area contributed by atoms with Crippen molar-refractivity contribution in [3.05, 3.63) is 59.7 Å². The smallest absolute Gasteiger partial charge is 0.407 e. The summed E-state index contributed by atoms with van der Waals surface area (Å²) in [7, 11) is 0. The van der Waals surface area contributed by atoms with Crippen LogP contribution in [0.2, 0.25) is 0 Å². The van der Waals surface area contributed by atoms with E-state index in [0.717, 1.165) is 28.7 Å². The molecular weight excluding hydrogens is 408 g/mol. The number of alkyl carbamates (subject to hydrolysis) is 1. The fourth-order valence-corrected chi connectivity index (χ4v) is 3.92. The molecule has 3 rings (SSSR count). The maximum absolute atomic E-state index is 12.5. The summed E-state index contributed by atoms with van der Waals surface area (Å²) >= 11 is 0. The normalized spacial score (nSPS) is 13.8. The van der Waals surface area contributed by atoms with Gasteiger partial charge in [0.05, 0.1) is 12.5 Å². The van der Waals surface area contributed by atoms with E-state index in [9.17, 15) is 14.4 Å². The lowest BCUT2D eigenvalue weighted by molar-refractivity contribution is -0.139. The molecule has 0 bridgehead atoms. The first kappa shape index (κ1) is 22.9. The highest BCUT2D eigenvalue weighted by molar-refractivity contribution is 5.89. The van der Waals surface area contributed by atoms with Gasteiger partial charge in [0.1, 0.15) is 12.6 Å². The molecule has 1 aliphatic carbocycles. The van der Waals surface area contributed by atoms with E-state index in [-0.39, 0.29) is 12.5 Å². The Morgan fingerprint density at radius 3 is 2.19 bits per heavy atom. The summed E-state index contributed by atoms with van der Waals surface area (Å²) in [6, 6.07) is 14.0. The molecule has 0 fully saturated rings. The minimum absolute atomic E-state index is 0.0596. The van der Waals surface area contributed by atoms with E-state index in [2.05, 4.69) is 16.6 Å². The Bertz CT molecular complexity index is 997. The van der Waals surface area contributed by atoms with Gasteiger partial charge in [0.15, 0.2) is 0 Å². The number of carbonyl (C=O) groups is 3. The molecule has 2 aromatic rings. The van der Waals surface area contributed by atoms with Crippen LogP contribution in [0.25, 0.3) is 11.1 Å². The second-order valence-electron chi connectivity index (χ2n) is 7.64. The van der Waals surface area contributed by atoms with Crippen molar-refractivity contribution in [3.63, 3.8) is 0 Å². The average molecular weight is 434 g/mol. The maximum atomic E-state index is 12.5. The SMILES string of the molecule is C#CC(CCC)NC(=O)C(CC(=O)O)NC(=O)OCC1c2ccccc2-c2ccccc21. The first-order valence-corrected chi connectivity index (χ1v) is 10.5. The zero-order valence-corrected chi connectivity index (χ0v) is 17.8. The van der Waals surface area contributed by atoms with Gasteiger partial charge in [0.2, 0.25) is 5.91 Å². The number of hydrogen-bond donors (Lipinski definition) is 3. The van der Waals surface area contributed by atoms with Crippen LogP contribution in [0, 0.1) is 12.3 Å². The van der Waals surface area contributed by atoms with E-state index in [0.29, 0.717) is 6.42 Å². The molecular formula is C25H26N2O5. The molecule has 32 heavy (non-hydrogen) atoms. The molecule has 2 aromatic carbocycles. The number of hydrogen-bond acceptors (Lipinski definition) is 4. The van der Waals surface area contributed by atoms with Crippen molar-refractivity contribution in [1.29, 1.82) is 0 Å². The summed E-state index contributed by atoms with van der Waals surface area (Å²) < 4.78 is 5.42. The van der Waals surface area contributed by atoms with Crippen LogP contribution in [-0.2, 0) is 14.3 Å². The molecule has 7 nitrogen and oxygen atoms in total. The maximum Gasteiger partial charge on any atom is 0.407 e. The fraction of sp³-hybridized carbons (Fsp3) is 0.320. The molecule has 3 N–H and O–H groups in total. The predicted molar refractivity (Wildman–Crippen MR) is 120 cm³/mol. The summed E-state index contributed by atoms with van der Waals surface area (Å²) in [6.45, 7) is 1.98. The Labute approximate surface area is 187 Å². The first-order valence-electron chi connectivity index (χ1n) is 10.5. The number of ether oxygens (including phenoxy) is 1. The van der Waals surface area contributed by atoms with Crippen LogP contribution in [0.5, 0.6) is 0 Å². The summed E-state index contributed by atoms with van der Waals surface area (Å²) in [5, 5.41) is 14.1. The van der Waals surface area contributed by atoms with Crippen LogP contribution in [-0.4, -0.2) is 41.8 Å². The third-order valence-corrected chi connectivity index (χ3v) is 5.43. The Morgan fingerprint density at radius 1 is 1.06 bits per heavy atom. The molecule has 2 unspecified atom stereocenters. The highest BCUT2D eigenvalue weighted by Gasteiger charge is 2.30. The second-order valence-corrected chi connectivity index (χ2v) is 7.64. The zero-order valence-electron chi connectivity index (χ0n) is 17.8. The lowest BCUT2D eigenvalue weighted by Crippen LogP contribution is -2.50. The van der Waals surface area contributed by atoms with Gasteiger partial charge in [0, 0.05) is 5.92 Å². The van der Waals surface area contributed by atoms with Crippen molar-refractivity contribution in [2.24, 2.45) is 0 Å². The van der Waals surface area contributed by atoms with Crippen molar-refractivity contribution >= 4 is 18.0 Å². The van der Waals surface area contributed by atoms with Crippen molar-refractivity contribution in [1.82, 2.24) is 10.6 Å². The third-order valence-electron chi connectivity index (χ3n) is 5.43. The van der Waals surface area contributed by atoms with Crippen LogP contribution in [0.15, 0.2) is 48.5 Å². The quantitative estimate of drug-likeness (QED) is 0.526. The number of benzene rings is 2. The molecule has 0 spiro atoms. The van der Waals surface area contributed by atoms with Gasteiger partial charge in [-0.15, -0.1) is 6.42 Å². The lowest BCUT2D eigenvalue weighted by Gasteiger charge is -2.20. The van der Waals surface area contributed by atoms with E-state index in [1.54, 1.807) is 0 Å². The van der Waals surface area contributed by atoms with Gasteiger partial charge in [-0.3, -0.25) is 9.59 Å². The molecule has 0 radical (unpaired) electrons. The van der Waals surface area contributed by atoms with E-state index in [4.69, 9.17) is 16.3 Å². The van der Waals surface area contributed by atoms with Gasteiger partial charge < -0.3 is 20.5 Å². The molecule has 0 saturated heterocycles. The van der Waals surface area contributed by atoms with E-state index in [1.165, 1.54) is 0 Å². The molecule has 0 aromatic heterocycles.